The summed E-state index contributed by atoms with van der Waals surface area (Å²) in [7, 11) is 0. The van der Waals surface area contributed by atoms with Gasteiger partial charge in [0.15, 0.2) is 0 Å². The van der Waals surface area contributed by atoms with Crippen molar-refractivity contribution < 1.29 is 4.92 Å². The smallest absolute Gasteiger partial charge is 0.258 e. The minimum atomic E-state index is -0.479. The summed E-state index contributed by atoms with van der Waals surface area (Å²) < 4.78 is 0. The van der Waals surface area contributed by atoms with E-state index in [0.717, 1.165) is 12.8 Å². The lowest BCUT2D eigenvalue weighted by Gasteiger charge is -2.08. The second-order valence-electron chi connectivity index (χ2n) is 3.94. The molecule has 1 rings (SSSR count). The summed E-state index contributed by atoms with van der Waals surface area (Å²) in [5, 5.41) is 28.6. The number of nitriles is 2. The largest absolute Gasteiger partial charge is 0.274 e. The van der Waals surface area contributed by atoms with Crippen LogP contribution in [0.15, 0.2) is 12.1 Å². The van der Waals surface area contributed by atoms with Crippen LogP contribution in [0.5, 0.6) is 0 Å². The van der Waals surface area contributed by atoms with E-state index in [0.29, 0.717) is 17.5 Å². The van der Waals surface area contributed by atoms with Gasteiger partial charge in [0, 0.05) is 11.6 Å². The topological polar surface area (TPSA) is 90.7 Å². The van der Waals surface area contributed by atoms with Crippen LogP contribution < -0.4 is 0 Å². The Kier molecular flexibility index (Phi) is 4.83. The van der Waals surface area contributed by atoms with E-state index >= 15 is 0 Å². The number of hydrogen-bond donors (Lipinski definition) is 0. The van der Waals surface area contributed by atoms with Gasteiger partial charge in [0.1, 0.15) is 0 Å². The van der Waals surface area contributed by atoms with Crippen LogP contribution in [0.2, 0.25) is 0 Å². The Morgan fingerprint density at radius 3 is 2.61 bits per heavy atom. The lowest BCUT2D eigenvalue weighted by atomic mass is 9.96. The van der Waals surface area contributed by atoms with Crippen molar-refractivity contribution in [2.75, 3.05) is 0 Å². The first-order valence-corrected chi connectivity index (χ1v) is 5.71. The summed E-state index contributed by atoms with van der Waals surface area (Å²) in [5.41, 5.74) is 1.36. The summed E-state index contributed by atoms with van der Waals surface area (Å²) in [6.07, 6.45) is 2.40. The maximum absolute atomic E-state index is 11.0. The van der Waals surface area contributed by atoms with E-state index < -0.39 is 4.92 Å². The quantitative estimate of drug-likeness (QED) is 0.587. The van der Waals surface area contributed by atoms with Gasteiger partial charge in [-0.05, 0) is 24.5 Å². The number of nitrogens with zero attached hydrogens (tertiary/aromatic N) is 3. The number of unbranched alkanes of at least 4 members (excludes halogenated alkanes) is 1. The van der Waals surface area contributed by atoms with Gasteiger partial charge in [0.25, 0.3) is 5.69 Å². The van der Waals surface area contributed by atoms with Crippen molar-refractivity contribution >= 4 is 5.69 Å². The van der Waals surface area contributed by atoms with E-state index in [1.165, 1.54) is 6.07 Å². The van der Waals surface area contributed by atoms with Crippen LogP contribution in [0.3, 0.4) is 0 Å². The molecular formula is C13H13N3O2. The molecule has 0 saturated heterocycles. The molecule has 18 heavy (non-hydrogen) atoms. The van der Waals surface area contributed by atoms with Crippen molar-refractivity contribution in [3.05, 3.63) is 38.9 Å². The molecular weight excluding hydrogens is 230 g/mol. The van der Waals surface area contributed by atoms with E-state index in [-0.39, 0.29) is 17.7 Å². The fourth-order valence-electron chi connectivity index (χ4n) is 1.83. The molecule has 92 valence electrons. The van der Waals surface area contributed by atoms with Crippen LogP contribution in [0.1, 0.15) is 36.5 Å². The molecule has 0 fully saturated rings. The molecule has 0 aliphatic rings. The molecule has 0 bridgehead atoms. The van der Waals surface area contributed by atoms with Crippen molar-refractivity contribution in [1.82, 2.24) is 0 Å². The van der Waals surface area contributed by atoms with E-state index in [2.05, 4.69) is 0 Å². The third-order valence-corrected chi connectivity index (χ3v) is 2.69. The normalized spacial score (nSPS) is 9.50. The summed E-state index contributed by atoms with van der Waals surface area (Å²) in [5.74, 6) is 0. The number of nitro benzene ring substituents is 1. The molecule has 0 atom stereocenters. The summed E-state index contributed by atoms with van der Waals surface area (Å²) in [6.45, 7) is 2.00. The number of rotatable bonds is 5. The minimum absolute atomic E-state index is 0.0484. The second kappa shape index (κ2) is 6.36. The molecule has 0 aromatic heterocycles. The zero-order valence-corrected chi connectivity index (χ0v) is 10.1. The Bertz CT molecular complexity index is 538. The first kappa shape index (κ1) is 13.7. The fraction of sp³-hybridized carbons (Fsp3) is 0.385. The van der Waals surface area contributed by atoms with Gasteiger partial charge < -0.3 is 0 Å². The maximum atomic E-state index is 11.0. The zero-order valence-electron chi connectivity index (χ0n) is 10.1. The lowest BCUT2D eigenvalue weighted by molar-refractivity contribution is -0.385. The molecule has 1 aromatic carbocycles. The van der Waals surface area contributed by atoms with Gasteiger partial charge in [-0.2, -0.15) is 10.5 Å². The third-order valence-electron chi connectivity index (χ3n) is 2.69. The SMILES string of the molecule is CCCCc1c(CC#N)cc(C#N)cc1[N+](=O)[O-]. The molecule has 1 aromatic rings. The molecule has 0 saturated carbocycles. The molecule has 0 aliphatic heterocycles. The number of hydrogen-bond acceptors (Lipinski definition) is 4. The predicted octanol–water partition coefficient (Wildman–Crippen LogP) is 2.88. The summed E-state index contributed by atoms with van der Waals surface area (Å²) in [4.78, 5) is 10.5. The van der Waals surface area contributed by atoms with Crippen molar-refractivity contribution in [3.63, 3.8) is 0 Å². The van der Waals surface area contributed by atoms with Crippen LogP contribution in [0.25, 0.3) is 0 Å². The first-order chi connectivity index (χ1) is 8.63. The van der Waals surface area contributed by atoms with E-state index in [1.54, 1.807) is 6.07 Å². The zero-order chi connectivity index (χ0) is 13.5. The summed E-state index contributed by atoms with van der Waals surface area (Å²) in [6, 6.07) is 6.73. The molecule has 0 amide bonds. The molecule has 0 radical (unpaired) electrons. The highest BCUT2D eigenvalue weighted by Crippen LogP contribution is 2.26. The van der Waals surface area contributed by atoms with E-state index in [9.17, 15) is 10.1 Å². The van der Waals surface area contributed by atoms with Gasteiger partial charge in [-0.15, -0.1) is 0 Å². The van der Waals surface area contributed by atoms with Crippen molar-refractivity contribution in [1.29, 1.82) is 10.5 Å². The van der Waals surface area contributed by atoms with Crippen molar-refractivity contribution in [3.8, 4) is 12.1 Å². The highest BCUT2D eigenvalue weighted by atomic mass is 16.6. The molecule has 5 heteroatoms. The second-order valence-corrected chi connectivity index (χ2v) is 3.94. The molecule has 0 unspecified atom stereocenters. The van der Waals surface area contributed by atoms with Crippen molar-refractivity contribution in [2.24, 2.45) is 0 Å². The summed E-state index contributed by atoms with van der Waals surface area (Å²) >= 11 is 0. The standard InChI is InChI=1S/C13H13N3O2/c1-2-3-4-12-11(5-6-14)7-10(9-15)8-13(12)16(17)18/h7-8H,2-5H2,1H3. The monoisotopic (exact) mass is 243 g/mol. The van der Waals surface area contributed by atoms with Crippen LogP contribution >= 0.6 is 0 Å². The highest BCUT2D eigenvalue weighted by molar-refractivity contribution is 5.52. The minimum Gasteiger partial charge on any atom is -0.258 e. The number of nitro groups is 1. The average Bonchev–Trinajstić information content (AvgIpc) is 2.36. The van der Waals surface area contributed by atoms with Crippen LogP contribution in [-0.4, -0.2) is 4.92 Å². The Morgan fingerprint density at radius 1 is 1.39 bits per heavy atom. The lowest BCUT2D eigenvalue weighted by Crippen LogP contribution is -2.02. The van der Waals surface area contributed by atoms with Gasteiger partial charge in [0.2, 0.25) is 0 Å². The van der Waals surface area contributed by atoms with Gasteiger partial charge in [-0.1, -0.05) is 13.3 Å². The first-order valence-electron chi connectivity index (χ1n) is 5.71. The third kappa shape index (κ3) is 3.05. The Hall–Kier alpha value is -2.40. The van der Waals surface area contributed by atoms with Crippen molar-refractivity contribution in [2.45, 2.75) is 32.6 Å². The van der Waals surface area contributed by atoms with Gasteiger partial charge >= 0.3 is 0 Å². The molecule has 0 N–H and O–H groups in total. The fourth-order valence-corrected chi connectivity index (χ4v) is 1.83. The highest BCUT2D eigenvalue weighted by Gasteiger charge is 2.19. The predicted molar refractivity (Wildman–Crippen MR) is 65.7 cm³/mol. The Morgan fingerprint density at radius 2 is 2.11 bits per heavy atom. The Balaban J connectivity index is 3.36. The van der Waals surface area contributed by atoms with Crippen LogP contribution in [0.4, 0.5) is 5.69 Å². The maximum Gasteiger partial charge on any atom is 0.274 e. The van der Waals surface area contributed by atoms with Gasteiger partial charge in [-0.3, -0.25) is 10.1 Å². The van der Waals surface area contributed by atoms with Crippen LogP contribution in [0, 0.1) is 32.8 Å². The molecule has 5 nitrogen and oxygen atoms in total. The number of benzene rings is 1. The molecule has 0 aliphatic carbocycles. The average molecular weight is 243 g/mol. The van der Waals surface area contributed by atoms with Gasteiger partial charge in [-0.25, -0.2) is 0 Å². The molecule has 0 heterocycles. The van der Waals surface area contributed by atoms with E-state index in [1.807, 2.05) is 19.1 Å². The van der Waals surface area contributed by atoms with Gasteiger partial charge in [0.05, 0.1) is 29.0 Å². The van der Waals surface area contributed by atoms with E-state index in [4.69, 9.17) is 10.5 Å². The molecule has 0 spiro atoms. The Labute approximate surface area is 105 Å². The van der Waals surface area contributed by atoms with Crippen LogP contribution in [-0.2, 0) is 12.8 Å².